The van der Waals surface area contributed by atoms with Crippen LogP contribution in [0.1, 0.15) is 17.2 Å². The quantitative estimate of drug-likeness (QED) is 0.331. The van der Waals surface area contributed by atoms with Crippen LogP contribution in [0.3, 0.4) is 0 Å². The third kappa shape index (κ3) is 3.61. The molecule has 0 aliphatic carbocycles. The first-order valence-corrected chi connectivity index (χ1v) is 9.86. The van der Waals surface area contributed by atoms with Crippen molar-refractivity contribution < 1.29 is 28.2 Å². The summed E-state index contributed by atoms with van der Waals surface area (Å²) in [7, 11) is 1.43. The number of carbonyl (C=O) groups is 2. The summed E-state index contributed by atoms with van der Waals surface area (Å²) in [4.78, 5) is 26.8. The van der Waals surface area contributed by atoms with Gasteiger partial charge in [0.1, 0.15) is 23.1 Å². The summed E-state index contributed by atoms with van der Waals surface area (Å²) in [5, 5.41) is 11.2. The van der Waals surface area contributed by atoms with Crippen molar-refractivity contribution in [1.82, 2.24) is 0 Å². The summed E-state index contributed by atoms with van der Waals surface area (Å²) in [6.07, 6.45) is 0. The third-order valence-electron chi connectivity index (χ3n) is 5.15. The van der Waals surface area contributed by atoms with E-state index in [4.69, 9.17) is 16.3 Å². The van der Waals surface area contributed by atoms with Crippen LogP contribution in [0.4, 0.5) is 14.5 Å². The fourth-order valence-corrected chi connectivity index (χ4v) is 3.93. The third-order valence-corrected chi connectivity index (χ3v) is 5.45. The molecule has 3 aromatic carbocycles. The molecule has 1 N–H and O–H groups in total. The van der Waals surface area contributed by atoms with Crippen molar-refractivity contribution in [2.75, 3.05) is 12.0 Å². The minimum atomic E-state index is -1.19. The number of Topliss-reactive ketones (excluding diaryl/α,β-unsaturated/α-hetero) is 1. The molecule has 1 fully saturated rings. The van der Waals surface area contributed by atoms with E-state index in [1.807, 2.05) is 0 Å². The summed E-state index contributed by atoms with van der Waals surface area (Å²) >= 11 is 6.15. The van der Waals surface area contributed by atoms with E-state index < -0.39 is 40.8 Å². The van der Waals surface area contributed by atoms with E-state index in [-0.39, 0.29) is 16.2 Å². The average Bonchev–Trinajstić information content (AvgIpc) is 3.06. The first-order valence-electron chi connectivity index (χ1n) is 9.48. The zero-order valence-corrected chi connectivity index (χ0v) is 17.4. The highest BCUT2D eigenvalue weighted by Gasteiger charge is 2.47. The maximum Gasteiger partial charge on any atom is 0.300 e. The van der Waals surface area contributed by atoms with Crippen molar-refractivity contribution in [2.45, 2.75) is 6.04 Å². The van der Waals surface area contributed by atoms with Gasteiger partial charge < -0.3 is 9.84 Å². The van der Waals surface area contributed by atoms with Crippen LogP contribution in [0, 0.1) is 11.6 Å². The number of anilines is 1. The molecule has 0 aromatic heterocycles. The molecule has 1 aliphatic heterocycles. The molecule has 1 saturated heterocycles. The number of halogens is 3. The Morgan fingerprint density at radius 2 is 1.75 bits per heavy atom. The molecule has 0 saturated carbocycles. The van der Waals surface area contributed by atoms with E-state index in [0.29, 0.717) is 11.3 Å². The van der Waals surface area contributed by atoms with Gasteiger partial charge in [0.2, 0.25) is 0 Å². The predicted molar refractivity (Wildman–Crippen MR) is 116 cm³/mol. The number of nitrogens with zero attached hydrogens (tertiary/aromatic N) is 1. The second-order valence-corrected chi connectivity index (χ2v) is 7.43. The van der Waals surface area contributed by atoms with Gasteiger partial charge in [-0.1, -0.05) is 41.9 Å². The zero-order chi connectivity index (χ0) is 23.0. The monoisotopic (exact) mass is 455 g/mol. The van der Waals surface area contributed by atoms with Gasteiger partial charge in [-0.25, -0.2) is 8.78 Å². The minimum absolute atomic E-state index is 0.162. The van der Waals surface area contributed by atoms with Gasteiger partial charge in [-0.2, -0.15) is 0 Å². The normalized spacial score (nSPS) is 17.6. The number of amides is 1. The molecule has 1 amide bonds. The van der Waals surface area contributed by atoms with Crippen LogP contribution >= 0.6 is 11.6 Å². The minimum Gasteiger partial charge on any atom is -0.507 e. The Kier molecular flexibility index (Phi) is 5.67. The topological polar surface area (TPSA) is 66.8 Å². The van der Waals surface area contributed by atoms with Gasteiger partial charge in [0.25, 0.3) is 11.7 Å². The Morgan fingerprint density at radius 1 is 1.03 bits per heavy atom. The number of ketones is 1. The molecule has 3 aromatic rings. The molecule has 8 heteroatoms. The maximum atomic E-state index is 14.6. The first-order chi connectivity index (χ1) is 15.3. The molecule has 4 rings (SSSR count). The Balaban J connectivity index is 1.96. The van der Waals surface area contributed by atoms with Gasteiger partial charge in [0.15, 0.2) is 0 Å². The number of rotatable bonds is 4. The molecule has 32 heavy (non-hydrogen) atoms. The average molecular weight is 456 g/mol. The summed E-state index contributed by atoms with van der Waals surface area (Å²) in [5.41, 5.74) is -0.0928. The van der Waals surface area contributed by atoms with Gasteiger partial charge in [-0.3, -0.25) is 14.5 Å². The molecular weight excluding hydrogens is 440 g/mol. The number of aliphatic hydroxyl groups excluding tert-OH is 1. The van der Waals surface area contributed by atoms with E-state index in [2.05, 4.69) is 0 Å². The van der Waals surface area contributed by atoms with Crippen LogP contribution in [0.5, 0.6) is 5.75 Å². The van der Waals surface area contributed by atoms with Crippen LogP contribution in [0.25, 0.3) is 5.76 Å². The highest BCUT2D eigenvalue weighted by molar-refractivity contribution is 6.51. The van der Waals surface area contributed by atoms with E-state index in [9.17, 15) is 23.5 Å². The Morgan fingerprint density at radius 3 is 2.41 bits per heavy atom. The lowest BCUT2D eigenvalue weighted by molar-refractivity contribution is -0.132. The van der Waals surface area contributed by atoms with Crippen molar-refractivity contribution in [3.63, 3.8) is 0 Å². The molecule has 162 valence electrons. The molecule has 0 radical (unpaired) electrons. The number of hydrogen-bond donors (Lipinski definition) is 1. The Hall–Kier alpha value is -3.71. The van der Waals surface area contributed by atoms with E-state index >= 15 is 0 Å². The molecule has 1 heterocycles. The van der Waals surface area contributed by atoms with Crippen molar-refractivity contribution in [2.24, 2.45) is 0 Å². The second-order valence-electron chi connectivity index (χ2n) is 7.02. The highest BCUT2D eigenvalue weighted by Crippen LogP contribution is 2.43. The number of ether oxygens (including phenoxy) is 1. The van der Waals surface area contributed by atoms with E-state index in [1.165, 1.54) is 25.3 Å². The zero-order valence-electron chi connectivity index (χ0n) is 16.7. The van der Waals surface area contributed by atoms with Gasteiger partial charge in [-0.05, 0) is 35.9 Å². The van der Waals surface area contributed by atoms with Crippen LogP contribution in [-0.4, -0.2) is 23.9 Å². The Labute approximate surface area is 187 Å². The van der Waals surface area contributed by atoms with Crippen molar-refractivity contribution in [3.05, 3.63) is 100 Å². The molecule has 1 unspecified atom stereocenters. The molecular formula is C24H16ClF2NO4. The molecule has 0 bridgehead atoms. The molecule has 1 aliphatic rings. The summed E-state index contributed by atoms with van der Waals surface area (Å²) in [6, 6.07) is 14.1. The number of hydrogen-bond acceptors (Lipinski definition) is 4. The van der Waals surface area contributed by atoms with E-state index in [0.717, 1.165) is 23.1 Å². The summed E-state index contributed by atoms with van der Waals surface area (Å²) in [5.74, 6) is -3.94. The maximum absolute atomic E-state index is 14.6. The molecule has 0 spiro atoms. The molecule has 5 nitrogen and oxygen atoms in total. The lowest BCUT2D eigenvalue weighted by atomic mass is 9.95. The smallest absolute Gasteiger partial charge is 0.300 e. The summed E-state index contributed by atoms with van der Waals surface area (Å²) in [6.45, 7) is 0. The lowest BCUT2D eigenvalue weighted by Gasteiger charge is -2.25. The number of methoxy groups -OCH3 is 1. The van der Waals surface area contributed by atoms with Crippen LogP contribution in [-0.2, 0) is 9.59 Å². The number of benzene rings is 3. The number of carbonyl (C=O) groups excluding carboxylic acids is 2. The highest BCUT2D eigenvalue weighted by atomic mass is 35.5. The van der Waals surface area contributed by atoms with Gasteiger partial charge >= 0.3 is 0 Å². The van der Waals surface area contributed by atoms with Crippen molar-refractivity contribution >= 4 is 34.7 Å². The van der Waals surface area contributed by atoms with Crippen LogP contribution in [0.15, 0.2) is 72.3 Å². The van der Waals surface area contributed by atoms with Crippen LogP contribution in [0.2, 0.25) is 5.02 Å². The SMILES string of the molecule is COc1ccc(/C(O)=C2\C(=O)C(=O)N(c3cc(F)ccc3F)C2c2ccccc2)cc1Cl. The first kappa shape index (κ1) is 21.5. The van der Waals surface area contributed by atoms with Crippen LogP contribution < -0.4 is 9.64 Å². The fourth-order valence-electron chi connectivity index (χ4n) is 3.67. The second kappa shape index (κ2) is 8.43. The van der Waals surface area contributed by atoms with Gasteiger partial charge in [0, 0.05) is 11.6 Å². The molecule has 1 atom stereocenters. The standard InChI is InChI=1S/C24H16ClF2NO4/c1-32-19-10-7-14(11-16(19)25)22(29)20-21(13-5-3-2-4-6-13)28(24(31)23(20)30)18-12-15(26)8-9-17(18)27/h2-12,21,29H,1H3/b22-20+. The lowest BCUT2D eigenvalue weighted by Crippen LogP contribution is -2.30. The van der Waals surface area contributed by atoms with Crippen molar-refractivity contribution in [1.29, 1.82) is 0 Å². The number of aliphatic hydroxyl groups is 1. The largest absolute Gasteiger partial charge is 0.507 e. The fraction of sp³-hybridized carbons (Fsp3) is 0.0833. The predicted octanol–water partition coefficient (Wildman–Crippen LogP) is 5.25. The summed E-state index contributed by atoms with van der Waals surface area (Å²) < 4.78 is 33.6. The van der Waals surface area contributed by atoms with Gasteiger partial charge in [0.05, 0.1) is 29.4 Å². The van der Waals surface area contributed by atoms with Crippen molar-refractivity contribution in [3.8, 4) is 5.75 Å². The Bertz CT molecular complexity index is 1260. The van der Waals surface area contributed by atoms with E-state index in [1.54, 1.807) is 30.3 Å². The van der Waals surface area contributed by atoms with Gasteiger partial charge in [-0.15, -0.1) is 0 Å².